The second-order valence-electron chi connectivity index (χ2n) is 10.3. The summed E-state index contributed by atoms with van der Waals surface area (Å²) in [4.78, 5) is 34.2. The second-order valence-corrected chi connectivity index (χ2v) is 13.0. The second kappa shape index (κ2) is 18.5. The first-order chi connectivity index (χ1) is 23.5. The summed E-state index contributed by atoms with van der Waals surface area (Å²) < 4.78 is 81.8. The van der Waals surface area contributed by atoms with E-state index in [1.165, 1.54) is 26.4 Å². The predicted molar refractivity (Wildman–Crippen MR) is 175 cm³/mol. The third kappa shape index (κ3) is 10.3. The molecule has 0 saturated carbocycles. The fourth-order valence-electron chi connectivity index (χ4n) is 4.83. The molecular formula is C31H22N5Na3O12S2. The molecule has 5 rings (SSSR count). The molecule has 3 aromatic carbocycles. The number of allylic oxidation sites excluding steroid dienone is 4. The third-order valence-electron chi connectivity index (χ3n) is 7.21. The van der Waals surface area contributed by atoms with E-state index in [0.717, 1.165) is 24.3 Å². The molecule has 0 atom stereocenters. The number of benzene rings is 3. The SMILES string of the molecule is COc1cc(-c2ccc(NN=C3C(=O)c4c(N)cc(S(=O)(=O)[O-])cc4C=C3S(=O)(=O)[O-])c(OC)c2)ccc1NN=C1C=CC(=O)C(C(=O)[O-])=C1.[Na+].[Na+].[Na+]. The molecule has 17 nitrogen and oxygen atoms in total. The Morgan fingerprint density at radius 3 is 1.81 bits per heavy atom. The van der Waals surface area contributed by atoms with Crippen LogP contribution in [0.5, 0.6) is 11.5 Å². The smallest absolute Gasteiger partial charge is 0.744 e. The van der Waals surface area contributed by atoms with E-state index in [1.54, 1.807) is 30.3 Å². The van der Waals surface area contributed by atoms with Crippen LogP contribution in [0.1, 0.15) is 15.9 Å². The number of nitrogen functional groups attached to an aromatic ring is 1. The Balaban J connectivity index is 0.00000324. The van der Waals surface area contributed by atoms with Crippen molar-refractivity contribution in [1.29, 1.82) is 0 Å². The number of hydrazone groups is 2. The van der Waals surface area contributed by atoms with Crippen LogP contribution < -0.4 is 120 Å². The van der Waals surface area contributed by atoms with Crippen LogP contribution in [0, 0.1) is 0 Å². The molecular weight excluding hydrogens is 767 g/mol. The van der Waals surface area contributed by atoms with Gasteiger partial charge in [-0.2, -0.15) is 10.2 Å². The number of anilines is 3. The number of carboxylic acids is 1. The van der Waals surface area contributed by atoms with Gasteiger partial charge in [-0.15, -0.1) is 0 Å². The Kier molecular flexibility index (Phi) is 16.0. The predicted octanol–water partition coefficient (Wildman–Crippen LogP) is -8.00. The maximum absolute atomic E-state index is 13.3. The molecule has 2 aliphatic carbocycles. The molecule has 0 radical (unpaired) electrons. The number of hydrogen-bond donors (Lipinski definition) is 3. The van der Waals surface area contributed by atoms with Gasteiger partial charge in [-0.25, -0.2) is 16.8 Å². The van der Waals surface area contributed by atoms with Gasteiger partial charge in [0.25, 0.3) is 0 Å². The number of nitrogens with two attached hydrogens (primary N) is 1. The molecule has 0 fully saturated rings. The third-order valence-corrected chi connectivity index (χ3v) is 8.87. The minimum absolute atomic E-state index is 0. The van der Waals surface area contributed by atoms with E-state index in [0.29, 0.717) is 28.6 Å². The fourth-order valence-corrected chi connectivity index (χ4v) is 6.02. The van der Waals surface area contributed by atoms with E-state index in [1.807, 2.05) is 0 Å². The quantitative estimate of drug-likeness (QED) is 0.0430. The normalized spacial score (nSPS) is 15.2. The molecule has 0 bridgehead atoms. The van der Waals surface area contributed by atoms with Crippen molar-refractivity contribution in [2.45, 2.75) is 4.90 Å². The monoisotopic (exact) mass is 789 g/mol. The molecule has 0 aromatic heterocycles. The summed E-state index contributed by atoms with van der Waals surface area (Å²) in [5.74, 6) is -2.99. The number of nitrogens with zero attached hydrogens (tertiary/aromatic N) is 2. The molecule has 3 aromatic rings. The summed E-state index contributed by atoms with van der Waals surface area (Å²) in [5, 5.41) is 19.1. The summed E-state index contributed by atoms with van der Waals surface area (Å²) in [7, 11) is -7.66. The van der Waals surface area contributed by atoms with Gasteiger partial charge in [0.15, 0.2) is 5.78 Å². The Bertz CT molecular complexity index is 2390. The summed E-state index contributed by atoms with van der Waals surface area (Å²) >= 11 is 0. The van der Waals surface area contributed by atoms with Crippen LogP contribution in [0.2, 0.25) is 0 Å². The first-order valence-corrected chi connectivity index (χ1v) is 16.6. The minimum Gasteiger partial charge on any atom is -0.744 e. The molecule has 4 N–H and O–H groups in total. The number of carboxylic acid groups (broad SMARTS) is 1. The Hall–Kier alpha value is -3.15. The van der Waals surface area contributed by atoms with Crippen LogP contribution in [0.15, 0.2) is 92.3 Å². The van der Waals surface area contributed by atoms with E-state index in [4.69, 9.17) is 15.2 Å². The van der Waals surface area contributed by atoms with Crippen molar-refractivity contribution < 1.29 is 144 Å². The Labute approximate surface area is 368 Å². The molecule has 0 heterocycles. The fraction of sp³-hybridized carbons (Fsp3) is 0.0645. The Morgan fingerprint density at radius 1 is 0.774 bits per heavy atom. The largest absolute Gasteiger partial charge is 1.00 e. The number of ketones is 2. The van der Waals surface area contributed by atoms with Crippen molar-refractivity contribution in [1.82, 2.24) is 0 Å². The van der Waals surface area contributed by atoms with E-state index in [2.05, 4.69) is 21.1 Å². The van der Waals surface area contributed by atoms with Crippen LogP contribution >= 0.6 is 0 Å². The number of Topliss-reactive ketones (excluding diaryl/α,β-unsaturated/α-hetero) is 1. The molecule has 0 amide bonds. The molecule has 0 aliphatic heterocycles. The van der Waals surface area contributed by atoms with Crippen LogP contribution in [-0.2, 0) is 29.8 Å². The van der Waals surface area contributed by atoms with Crippen LogP contribution in [0.3, 0.4) is 0 Å². The summed E-state index contributed by atoms with van der Waals surface area (Å²) in [6, 6.07) is 11.1. The van der Waals surface area contributed by atoms with Crippen LogP contribution in [-0.4, -0.2) is 69.1 Å². The van der Waals surface area contributed by atoms with Crippen molar-refractivity contribution in [3.8, 4) is 22.6 Å². The number of carbonyl (C=O) groups is 3. The number of carbonyl (C=O) groups excluding carboxylic acids is 3. The summed E-state index contributed by atoms with van der Waals surface area (Å²) in [5.41, 5.74) is 10.4. The maximum Gasteiger partial charge on any atom is 1.00 e. The number of rotatable bonds is 10. The minimum atomic E-state index is -5.35. The number of fused-ring (bicyclic) bond motifs is 1. The van der Waals surface area contributed by atoms with E-state index >= 15 is 0 Å². The van der Waals surface area contributed by atoms with Gasteiger partial charge in [-0.3, -0.25) is 20.4 Å². The first-order valence-electron chi connectivity index (χ1n) is 13.8. The van der Waals surface area contributed by atoms with Crippen molar-refractivity contribution in [3.05, 3.63) is 88.4 Å². The molecule has 53 heavy (non-hydrogen) atoms. The van der Waals surface area contributed by atoms with E-state index in [-0.39, 0.29) is 117 Å². The molecule has 0 unspecified atom stereocenters. The topological polar surface area (TPSA) is 282 Å². The number of aliphatic carboxylic acids is 1. The zero-order valence-electron chi connectivity index (χ0n) is 28.6. The van der Waals surface area contributed by atoms with Gasteiger partial charge in [0.05, 0.1) is 52.6 Å². The molecule has 0 spiro atoms. The molecule has 2 aliphatic rings. The van der Waals surface area contributed by atoms with Gasteiger partial charge < -0.3 is 34.2 Å². The van der Waals surface area contributed by atoms with Gasteiger partial charge in [0.2, 0.25) is 5.78 Å². The van der Waals surface area contributed by atoms with Crippen LogP contribution in [0.25, 0.3) is 17.2 Å². The Morgan fingerprint density at radius 2 is 1.32 bits per heavy atom. The van der Waals surface area contributed by atoms with Gasteiger partial charge in [-0.05, 0) is 77.4 Å². The van der Waals surface area contributed by atoms with Gasteiger partial charge in [0, 0.05) is 11.3 Å². The number of hydrogen-bond acceptors (Lipinski definition) is 17. The first kappa shape index (κ1) is 46.0. The van der Waals surface area contributed by atoms with E-state index in [9.17, 15) is 45.4 Å². The average molecular weight is 790 g/mol. The molecule has 0 saturated heterocycles. The zero-order valence-corrected chi connectivity index (χ0v) is 36.2. The maximum atomic E-state index is 13.3. The van der Waals surface area contributed by atoms with Crippen LogP contribution in [0.4, 0.5) is 17.1 Å². The average Bonchev–Trinajstić information content (AvgIpc) is 3.06. The van der Waals surface area contributed by atoms with Gasteiger partial charge >= 0.3 is 88.7 Å². The van der Waals surface area contributed by atoms with Crippen molar-refractivity contribution in [2.75, 3.05) is 30.8 Å². The van der Waals surface area contributed by atoms with Gasteiger partial charge in [0.1, 0.15) is 37.4 Å². The zero-order chi connectivity index (χ0) is 36.5. The molecule has 258 valence electrons. The molecule has 22 heteroatoms. The van der Waals surface area contributed by atoms with Gasteiger partial charge in [-0.1, -0.05) is 12.1 Å². The van der Waals surface area contributed by atoms with Crippen molar-refractivity contribution in [3.63, 3.8) is 0 Å². The summed E-state index contributed by atoms with van der Waals surface area (Å²) in [6.07, 6.45) is 4.14. The van der Waals surface area contributed by atoms with E-state index < -0.39 is 64.5 Å². The standard InChI is InChI=1S/C31H25N5O12S2.3Na/c1-47-25-10-15(3-6-22(25)34-33-18-5-8-24(37)20(13-18)31(39)40)16-4-7-23(26(11-16)48-2)35-36-29-27(50(44,45)46)12-17-9-19(49(41,42)43)14-21(32)28(17)30(29)38;;;/h3-14,34-35H,32H2,1-2H3,(H,39,40)(H,41,42,43)(H,44,45,46);;;/q;3*+1/p-3. The number of ether oxygens (including phenoxy) is 2. The number of methoxy groups -OCH3 is 2. The van der Waals surface area contributed by atoms with Crippen molar-refractivity contribution in [2.24, 2.45) is 10.2 Å². The van der Waals surface area contributed by atoms with Crippen molar-refractivity contribution >= 4 is 72.3 Å². The number of nitrogens with one attached hydrogen (secondary N) is 2. The summed E-state index contributed by atoms with van der Waals surface area (Å²) in [6.45, 7) is 0.